The lowest BCUT2D eigenvalue weighted by molar-refractivity contribution is -0.193. The molecule has 4 saturated carbocycles. The summed E-state index contributed by atoms with van der Waals surface area (Å²) in [5.41, 5.74) is 0.0368. The summed E-state index contributed by atoms with van der Waals surface area (Å²) in [4.78, 5) is 26.9. The number of aliphatic hydroxyl groups excluding tert-OH is 1. The number of fused-ring (bicyclic) bond motifs is 7. The highest BCUT2D eigenvalue weighted by molar-refractivity contribution is 5.96. The van der Waals surface area contributed by atoms with E-state index in [4.69, 9.17) is 0 Å². The number of carboxylic acid groups (broad SMARTS) is 1. The molecule has 0 amide bonds. The Morgan fingerprint density at radius 3 is 2.21 bits per heavy atom. The number of hydrogen-bond donors (Lipinski definition) is 2. The molecule has 4 fully saturated rings. The molecular weight excluding hydrogens is 424 g/mol. The number of allylic oxidation sites excluding steroid dienone is 2. The summed E-state index contributed by atoms with van der Waals surface area (Å²) < 4.78 is 0. The summed E-state index contributed by atoms with van der Waals surface area (Å²) in [5, 5.41) is 21.3. The van der Waals surface area contributed by atoms with Crippen LogP contribution < -0.4 is 0 Å². The second kappa shape index (κ2) is 6.99. The van der Waals surface area contributed by atoms with Crippen molar-refractivity contribution in [3.8, 4) is 0 Å². The van der Waals surface area contributed by atoms with Gasteiger partial charge < -0.3 is 10.2 Å². The van der Waals surface area contributed by atoms with Gasteiger partial charge in [-0.25, -0.2) is 0 Å². The van der Waals surface area contributed by atoms with Gasteiger partial charge in [0.15, 0.2) is 5.78 Å². The van der Waals surface area contributed by atoms with Crippen LogP contribution in [0.1, 0.15) is 106 Å². The van der Waals surface area contributed by atoms with E-state index in [1.807, 2.05) is 6.08 Å². The first kappa shape index (κ1) is 24.5. The molecule has 4 nitrogen and oxygen atoms in total. The van der Waals surface area contributed by atoms with Gasteiger partial charge in [0.05, 0.1) is 11.5 Å². The van der Waals surface area contributed by atoms with Crippen LogP contribution in [0.3, 0.4) is 0 Å². The molecule has 190 valence electrons. The predicted octanol–water partition coefficient (Wildman–Crippen LogP) is 6.41. The van der Waals surface area contributed by atoms with Crippen LogP contribution >= 0.6 is 0 Å². The minimum Gasteiger partial charge on any atom is -0.481 e. The fourth-order valence-corrected chi connectivity index (χ4v) is 10.4. The first-order valence-corrected chi connectivity index (χ1v) is 13.7. The van der Waals surface area contributed by atoms with Crippen LogP contribution in [0.4, 0.5) is 0 Å². The van der Waals surface area contributed by atoms with Crippen molar-refractivity contribution in [2.75, 3.05) is 0 Å². The van der Waals surface area contributed by atoms with Crippen LogP contribution in [-0.4, -0.2) is 28.1 Å². The minimum absolute atomic E-state index is 0.0697. The lowest BCUT2D eigenvalue weighted by atomic mass is 9.34. The Balaban J connectivity index is 1.65. The number of aliphatic carboxylic acids is 1. The Labute approximate surface area is 206 Å². The third-order valence-electron chi connectivity index (χ3n) is 12.8. The molecule has 0 aromatic carbocycles. The maximum absolute atomic E-state index is 14.2. The van der Waals surface area contributed by atoms with Gasteiger partial charge in [-0.05, 0) is 103 Å². The topological polar surface area (TPSA) is 74.6 Å². The Kier molecular flexibility index (Phi) is 5.04. The number of ketones is 1. The van der Waals surface area contributed by atoms with Crippen LogP contribution in [0.25, 0.3) is 0 Å². The van der Waals surface area contributed by atoms with Gasteiger partial charge in [-0.2, -0.15) is 0 Å². The van der Waals surface area contributed by atoms with E-state index in [0.29, 0.717) is 18.8 Å². The molecule has 0 aromatic heterocycles. The molecule has 5 aliphatic rings. The lowest BCUT2D eigenvalue weighted by Gasteiger charge is -2.69. The number of carbonyl (C=O) groups is 2. The van der Waals surface area contributed by atoms with Crippen molar-refractivity contribution in [3.05, 3.63) is 11.6 Å². The minimum atomic E-state index is -0.755. The van der Waals surface area contributed by atoms with Crippen LogP contribution in [0.15, 0.2) is 11.6 Å². The molecule has 0 bridgehead atoms. The van der Waals surface area contributed by atoms with Crippen molar-refractivity contribution in [1.29, 1.82) is 0 Å². The molecule has 0 heterocycles. The molecule has 0 aromatic rings. The van der Waals surface area contributed by atoms with Gasteiger partial charge in [0.2, 0.25) is 0 Å². The summed E-state index contributed by atoms with van der Waals surface area (Å²) in [6.07, 6.45) is 9.43. The second-order valence-electron chi connectivity index (χ2n) is 15.0. The smallest absolute Gasteiger partial charge is 0.309 e. The Morgan fingerprint density at radius 2 is 1.56 bits per heavy atom. The van der Waals surface area contributed by atoms with Gasteiger partial charge in [-0.15, -0.1) is 0 Å². The quantitative estimate of drug-likeness (QED) is 0.464. The SMILES string of the molecule is CC1(C)CCC2(C(=O)O)CCC3(C)C(C(=O)C=C4C5(C)CCC(O)C(C)(C)C5CCC43C)C2C1. The average molecular weight is 471 g/mol. The summed E-state index contributed by atoms with van der Waals surface area (Å²) >= 11 is 0. The second-order valence-corrected chi connectivity index (χ2v) is 15.0. The van der Waals surface area contributed by atoms with Crippen molar-refractivity contribution in [2.45, 2.75) is 112 Å². The molecule has 0 spiro atoms. The van der Waals surface area contributed by atoms with E-state index in [1.54, 1.807) is 0 Å². The molecule has 0 saturated heterocycles. The number of aliphatic hydroxyl groups is 1. The van der Waals surface area contributed by atoms with E-state index < -0.39 is 11.4 Å². The molecule has 8 unspecified atom stereocenters. The molecule has 5 rings (SSSR count). The standard InChI is InChI=1S/C30H46O4/c1-25(2)12-14-30(24(33)34)15-13-29(7)23(18(30)17-25)19(31)16-21-27(5)10-9-22(32)26(3,4)20(27)8-11-28(21,29)6/h16,18,20,22-23,32H,8-15,17H2,1-7H3,(H,33,34). The van der Waals surface area contributed by atoms with Crippen LogP contribution in [0.5, 0.6) is 0 Å². The third-order valence-corrected chi connectivity index (χ3v) is 12.8. The number of hydrogen-bond acceptors (Lipinski definition) is 3. The fourth-order valence-electron chi connectivity index (χ4n) is 10.4. The van der Waals surface area contributed by atoms with Gasteiger partial charge in [0, 0.05) is 5.92 Å². The monoisotopic (exact) mass is 470 g/mol. The molecule has 8 atom stereocenters. The van der Waals surface area contributed by atoms with Crippen molar-refractivity contribution in [1.82, 2.24) is 0 Å². The molecule has 34 heavy (non-hydrogen) atoms. The van der Waals surface area contributed by atoms with E-state index in [-0.39, 0.29) is 50.8 Å². The van der Waals surface area contributed by atoms with E-state index >= 15 is 0 Å². The van der Waals surface area contributed by atoms with E-state index in [1.165, 1.54) is 5.57 Å². The molecular formula is C30H46O4. The normalized spacial score (nSPS) is 51.3. The van der Waals surface area contributed by atoms with Crippen LogP contribution in [0, 0.1) is 50.2 Å². The number of carbonyl (C=O) groups excluding carboxylic acids is 1. The van der Waals surface area contributed by atoms with Crippen molar-refractivity contribution in [2.24, 2.45) is 50.2 Å². The lowest BCUT2D eigenvalue weighted by Crippen LogP contribution is -2.66. The highest BCUT2D eigenvalue weighted by Crippen LogP contribution is 2.75. The summed E-state index contributed by atoms with van der Waals surface area (Å²) in [5.74, 6) is -0.445. The Morgan fingerprint density at radius 1 is 0.912 bits per heavy atom. The molecule has 5 aliphatic carbocycles. The molecule has 2 N–H and O–H groups in total. The largest absolute Gasteiger partial charge is 0.481 e. The predicted molar refractivity (Wildman–Crippen MR) is 133 cm³/mol. The van der Waals surface area contributed by atoms with Crippen molar-refractivity contribution < 1.29 is 19.8 Å². The summed E-state index contributed by atoms with van der Waals surface area (Å²) in [6, 6.07) is 0. The molecule has 4 heteroatoms. The van der Waals surface area contributed by atoms with E-state index in [9.17, 15) is 19.8 Å². The third kappa shape index (κ3) is 2.81. The zero-order valence-corrected chi connectivity index (χ0v) is 22.5. The van der Waals surface area contributed by atoms with Gasteiger partial charge >= 0.3 is 5.97 Å². The fraction of sp³-hybridized carbons (Fsp3) is 0.867. The summed E-state index contributed by atoms with van der Waals surface area (Å²) in [7, 11) is 0. The van der Waals surface area contributed by atoms with E-state index in [0.717, 1.165) is 44.9 Å². The van der Waals surface area contributed by atoms with Crippen molar-refractivity contribution in [3.63, 3.8) is 0 Å². The zero-order valence-electron chi connectivity index (χ0n) is 22.5. The van der Waals surface area contributed by atoms with Gasteiger partial charge in [0.1, 0.15) is 0 Å². The zero-order chi connectivity index (χ0) is 25.1. The highest BCUT2D eigenvalue weighted by Gasteiger charge is 2.70. The highest BCUT2D eigenvalue weighted by atomic mass is 16.4. The first-order valence-electron chi connectivity index (χ1n) is 13.7. The van der Waals surface area contributed by atoms with Gasteiger partial charge in [-0.1, -0.05) is 54.0 Å². The maximum Gasteiger partial charge on any atom is 0.309 e. The van der Waals surface area contributed by atoms with Crippen molar-refractivity contribution >= 4 is 11.8 Å². The first-order chi connectivity index (χ1) is 15.6. The van der Waals surface area contributed by atoms with Crippen LogP contribution in [-0.2, 0) is 9.59 Å². The summed E-state index contributed by atoms with van der Waals surface area (Å²) in [6.45, 7) is 16.0. The Bertz CT molecular complexity index is 961. The van der Waals surface area contributed by atoms with E-state index in [2.05, 4.69) is 48.5 Å². The van der Waals surface area contributed by atoms with Crippen LogP contribution in [0.2, 0.25) is 0 Å². The number of rotatable bonds is 1. The molecule has 0 aliphatic heterocycles. The number of carboxylic acids is 1. The van der Waals surface area contributed by atoms with Gasteiger partial charge in [-0.3, -0.25) is 9.59 Å². The molecule has 0 radical (unpaired) electrons. The maximum atomic E-state index is 14.2. The Hall–Kier alpha value is -1.16. The van der Waals surface area contributed by atoms with Gasteiger partial charge in [0.25, 0.3) is 0 Å². The average Bonchev–Trinajstić information content (AvgIpc) is 2.72.